The van der Waals surface area contributed by atoms with Crippen molar-refractivity contribution in [3.05, 3.63) is 51.9 Å². The lowest BCUT2D eigenvalue weighted by atomic mass is 10.2. The lowest BCUT2D eigenvalue weighted by Crippen LogP contribution is -2.07. The number of nitro groups is 1. The first kappa shape index (κ1) is 12.6. The highest BCUT2D eigenvalue weighted by molar-refractivity contribution is 7.16. The second kappa shape index (κ2) is 4.93. The van der Waals surface area contributed by atoms with Crippen molar-refractivity contribution in [2.24, 2.45) is 0 Å². The molecule has 1 atom stereocenters. The van der Waals surface area contributed by atoms with E-state index in [0.717, 1.165) is 10.5 Å². The fraction of sp³-hybridized carbons (Fsp3) is 0.154. The summed E-state index contributed by atoms with van der Waals surface area (Å²) in [6.45, 7) is 1.88. The summed E-state index contributed by atoms with van der Waals surface area (Å²) in [4.78, 5) is 15.0. The van der Waals surface area contributed by atoms with Crippen molar-refractivity contribution in [2.45, 2.75) is 13.0 Å². The van der Waals surface area contributed by atoms with Gasteiger partial charge in [-0.1, -0.05) is 0 Å². The Bertz CT molecular complexity index is 751. The van der Waals surface area contributed by atoms with Crippen LogP contribution in [0.25, 0.3) is 10.2 Å². The minimum Gasteiger partial charge on any atom is -0.467 e. The van der Waals surface area contributed by atoms with Gasteiger partial charge in [0.2, 0.25) is 0 Å². The van der Waals surface area contributed by atoms with E-state index in [1.54, 1.807) is 23.9 Å². The largest absolute Gasteiger partial charge is 0.467 e. The number of nitro benzene ring substituents is 1. The average Bonchev–Trinajstić information content (AvgIpc) is 3.08. The quantitative estimate of drug-likeness (QED) is 0.580. The van der Waals surface area contributed by atoms with Gasteiger partial charge in [0.25, 0.3) is 0 Å². The topological polar surface area (TPSA) is 81.2 Å². The molecular weight excluding hydrogens is 278 g/mol. The summed E-state index contributed by atoms with van der Waals surface area (Å²) in [6.07, 6.45) is 1.57. The number of fused-ring (bicyclic) bond motifs is 1. The first-order valence-electron chi connectivity index (χ1n) is 5.97. The molecule has 0 radical (unpaired) electrons. The summed E-state index contributed by atoms with van der Waals surface area (Å²) in [5.74, 6) is 0.720. The molecule has 0 spiro atoms. The van der Waals surface area contributed by atoms with Gasteiger partial charge in [0.1, 0.15) is 11.4 Å². The van der Waals surface area contributed by atoms with Gasteiger partial charge in [-0.15, -0.1) is 11.3 Å². The number of thiazole rings is 1. The van der Waals surface area contributed by atoms with Gasteiger partial charge in [0, 0.05) is 0 Å². The second-order valence-corrected chi connectivity index (χ2v) is 5.19. The lowest BCUT2D eigenvalue weighted by molar-refractivity contribution is -0.382. The van der Waals surface area contributed by atoms with E-state index in [-0.39, 0.29) is 11.7 Å². The Morgan fingerprint density at radius 2 is 2.30 bits per heavy atom. The Morgan fingerprint density at radius 1 is 1.45 bits per heavy atom. The number of anilines is 1. The molecule has 102 valence electrons. The third kappa shape index (κ3) is 2.12. The predicted octanol–water partition coefficient (Wildman–Crippen LogP) is 3.97. The first-order valence-corrected chi connectivity index (χ1v) is 6.85. The number of nitrogens with one attached hydrogen (secondary N) is 1. The molecule has 1 unspecified atom stereocenters. The maximum atomic E-state index is 11.3. The van der Waals surface area contributed by atoms with Crippen LogP contribution in [0.5, 0.6) is 0 Å². The van der Waals surface area contributed by atoms with Gasteiger partial charge >= 0.3 is 5.69 Å². The molecule has 0 saturated heterocycles. The van der Waals surface area contributed by atoms with Crippen molar-refractivity contribution in [3.63, 3.8) is 0 Å². The smallest absolute Gasteiger partial charge is 0.319 e. The molecular formula is C13H11N3O3S. The minimum atomic E-state index is -0.404. The van der Waals surface area contributed by atoms with E-state index in [0.29, 0.717) is 11.2 Å². The Balaban J connectivity index is 2.02. The highest BCUT2D eigenvalue weighted by Crippen LogP contribution is 2.36. The molecule has 0 aliphatic carbocycles. The third-order valence-electron chi connectivity index (χ3n) is 3.00. The van der Waals surface area contributed by atoms with E-state index >= 15 is 0 Å². The van der Waals surface area contributed by atoms with Gasteiger partial charge in [0.15, 0.2) is 5.52 Å². The highest BCUT2D eigenvalue weighted by atomic mass is 32.1. The number of rotatable bonds is 4. The zero-order chi connectivity index (χ0) is 14.1. The van der Waals surface area contributed by atoms with E-state index in [1.807, 2.05) is 19.1 Å². The van der Waals surface area contributed by atoms with Crippen molar-refractivity contribution in [1.82, 2.24) is 4.98 Å². The second-order valence-electron chi connectivity index (χ2n) is 4.30. The molecule has 2 heterocycles. The Kier molecular flexibility index (Phi) is 3.11. The zero-order valence-electron chi connectivity index (χ0n) is 10.6. The molecule has 7 heteroatoms. The predicted molar refractivity (Wildman–Crippen MR) is 77.0 cm³/mol. The van der Waals surface area contributed by atoms with E-state index in [1.165, 1.54) is 11.3 Å². The van der Waals surface area contributed by atoms with Gasteiger partial charge in [-0.05, 0) is 31.2 Å². The number of hydrogen-bond donors (Lipinski definition) is 1. The fourth-order valence-corrected chi connectivity index (χ4v) is 2.74. The van der Waals surface area contributed by atoms with E-state index < -0.39 is 4.92 Å². The van der Waals surface area contributed by atoms with Crippen molar-refractivity contribution >= 4 is 32.9 Å². The number of hydrogen-bond acceptors (Lipinski definition) is 6. The van der Waals surface area contributed by atoms with Crippen LogP contribution in [0, 0.1) is 10.1 Å². The summed E-state index contributed by atoms with van der Waals surface area (Å²) in [5.41, 5.74) is 2.47. The normalized spacial score (nSPS) is 12.4. The fourth-order valence-electron chi connectivity index (χ4n) is 2.06. The van der Waals surface area contributed by atoms with E-state index in [4.69, 9.17) is 4.42 Å². The van der Waals surface area contributed by atoms with Crippen molar-refractivity contribution in [1.29, 1.82) is 0 Å². The molecule has 0 aliphatic rings. The minimum absolute atomic E-state index is 0.00200. The molecule has 0 amide bonds. The zero-order valence-corrected chi connectivity index (χ0v) is 11.4. The van der Waals surface area contributed by atoms with E-state index in [9.17, 15) is 10.1 Å². The van der Waals surface area contributed by atoms with Gasteiger partial charge in [-0.25, -0.2) is 4.98 Å². The number of furan rings is 1. The highest BCUT2D eigenvalue weighted by Gasteiger charge is 2.22. The molecule has 1 aromatic carbocycles. The summed E-state index contributed by atoms with van der Waals surface area (Å²) in [5, 5.41) is 14.4. The van der Waals surface area contributed by atoms with Crippen LogP contribution in [0.1, 0.15) is 18.7 Å². The molecule has 0 aliphatic heterocycles. The SMILES string of the molecule is CC(Nc1ccc2scnc2c1[N+](=O)[O-])c1ccco1. The van der Waals surface area contributed by atoms with Crippen LogP contribution in [0.4, 0.5) is 11.4 Å². The Hall–Kier alpha value is -2.41. The molecule has 3 rings (SSSR count). The summed E-state index contributed by atoms with van der Waals surface area (Å²) in [7, 11) is 0. The molecule has 0 bridgehead atoms. The van der Waals surface area contributed by atoms with Crippen molar-refractivity contribution in [3.8, 4) is 0 Å². The Morgan fingerprint density at radius 3 is 3.00 bits per heavy atom. The van der Waals surface area contributed by atoms with Gasteiger partial charge in [0.05, 0.1) is 27.4 Å². The van der Waals surface area contributed by atoms with Gasteiger partial charge in [-0.2, -0.15) is 0 Å². The van der Waals surface area contributed by atoms with Crippen LogP contribution in [-0.4, -0.2) is 9.91 Å². The first-order chi connectivity index (χ1) is 9.66. The average molecular weight is 289 g/mol. The summed E-state index contributed by atoms with van der Waals surface area (Å²) in [6, 6.07) is 6.98. The number of benzene rings is 1. The van der Waals surface area contributed by atoms with Crippen LogP contribution in [0.3, 0.4) is 0 Å². The van der Waals surface area contributed by atoms with E-state index in [2.05, 4.69) is 10.3 Å². The maximum Gasteiger partial charge on any atom is 0.319 e. The van der Waals surface area contributed by atoms with Crippen LogP contribution < -0.4 is 5.32 Å². The van der Waals surface area contributed by atoms with Crippen molar-refractivity contribution < 1.29 is 9.34 Å². The number of nitrogens with zero attached hydrogens (tertiary/aromatic N) is 2. The third-order valence-corrected chi connectivity index (χ3v) is 3.79. The molecule has 1 N–H and O–H groups in total. The number of aromatic nitrogens is 1. The van der Waals surface area contributed by atoms with Crippen molar-refractivity contribution in [2.75, 3.05) is 5.32 Å². The van der Waals surface area contributed by atoms with Crippen LogP contribution in [0.15, 0.2) is 40.5 Å². The lowest BCUT2D eigenvalue weighted by Gasteiger charge is -2.13. The summed E-state index contributed by atoms with van der Waals surface area (Å²) < 4.78 is 6.09. The maximum absolute atomic E-state index is 11.3. The summed E-state index contributed by atoms with van der Waals surface area (Å²) >= 11 is 1.38. The van der Waals surface area contributed by atoms with Crippen LogP contribution in [0.2, 0.25) is 0 Å². The monoisotopic (exact) mass is 289 g/mol. The Labute approximate surface area is 118 Å². The van der Waals surface area contributed by atoms with Gasteiger partial charge < -0.3 is 9.73 Å². The van der Waals surface area contributed by atoms with Crippen LogP contribution >= 0.6 is 11.3 Å². The van der Waals surface area contributed by atoms with Crippen LogP contribution in [-0.2, 0) is 0 Å². The molecule has 0 fully saturated rings. The molecule has 6 nitrogen and oxygen atoms in total. The standard InChI is InChI=1S/C13H11N3O3S/c1-8(10-3-2-6-19-10)15-9-4-5-11-12(14-7-20-11)13(9)16(17)18/h2-8,15H,1H3. The molecule has 3 aromatic rings. The molecule has 0 saturated carbocycles. The van der Waals surface area contributed by atoms with Gasteiger partial charge in [-0.3, -0.25) is 10.1 Å². The molecule has 2 aromatic heterocycles. The molecule has 20 heavy (non-hydrogen) atoms.